The third-order valence-corrected chi connectivity index (χ3v) is 3.73. The van der Waals surface area contributed by atoms with Crippen molar-refractivity contribution in [2.45, 2.75) is 39.3 Å². The van der Waals surface area contributed by atoms with Crippen molar-refractivity contribution >= 4 is 5.91 Å². The minimum Gasteiger partial charge on any atom is -0.396 e. The molecule has 118 valence electrons. The Morgan fingerprint density at radius 3 is 2.55 bits per heavy atom. The minimum atomic E-state index is -0.390. The molecule has 5 nitrogen and oxygen atoms in total. The average Bonchev–Trinajstić information content (AvgIpc) is 2.85. The second kappa shape index (κ2) is 7.22. The fourth-order valence-corrected chi connectivity index (χ4v) is 2.58. The van der Waals surface area contributed by atoms with Gasteiger partial charge < -0.3 is 10.4 Å². The maximum absolute atomic E-state index is 12.5. The topological polar surface area (TPSA) is 67.2 Å². The molecule has 1 aromatic carbocycles. The molecule has 22 heavy (non-hydrogen) atoms. The summed E-state index contributed by atoms with van der Waals surface area (Å²) in [6.07, 6.45) is 0.486. The average molecular weight is 301 g/mol. The molecule has 2 atom stereocenters. The lowest BCUT2D eigenvalue weighted by molar-refractivity contribution is -0.125. The number of aryl methyl sites for hydroxylation is 2. The number of amides is 1. The molecule has 1 amide bonds. The summed E-state index contributed by atoms with van der Waals surface area (Å²) in [5.74, 6) is -0.103. The van der Waals surface area contributed by atoms with Crippen molar-refractivity contribution in [1.29, 1.82) is 0 Å². The first kappa shape index (κ1) is 16.2. The van der Waals surface area contributed by atoms with E-state index in [-0.39, 0.29) is 18.6 Å². The van der Waals surface area contributed by atoms with Crippen molar-refractivity contribution < 1.29 is 9.90 Å². The van der Waals surface area contributed by atoms with Gasteiger partial charge in [-0.3, -0.25) is 9.48 Å². The van der Waals surface area contributed by atoms with Crippen molar-refractivity contribution in [3.05, 3.63) is 53.3 Å². The highest BCUT2D eigenvalue weighted by Crippen LogP contribution is 2.18. The van der Waals surface area contributed by atoms with Crippen molar-refractivity contribution in [3.8, 4) is 0 Å². The first-order valence-electron chi connectivity index (χ1n) is 7.52. The van der Waals surface area contributed by atoms with E-state index >= 15 is 0 Å². The zero-order valence-electron chi connectivity index (χ0n) is 13.3. The third kappa shape index (κ3) is 3.74. The van der Waals surface area contributed by atoms with E-state index < -0.39 is 6.04 Å². The number of aromatic nitrogens is 2. The van der Waals surface area contributed by atoms with E-state index in [4.69, 9.17) is 0 Å². The molecule has 1 heterocycles. The van der Waals surface area contributed by atoms with Gasteiger partial charge in [-0.1, -0.05) is 30.3 Å². The van der Waals surface area contributed by atoms with Gasteiger partial charge in [0, 0.05) is 12.3 Å². The van der Waals surface area contributed by atoms with Crippen LogP contribution in [0.4, 0.5) is 0 Å². The van der Waals surface area contributed by atoms with Crippen LogP contribution in [-0.4, -0.2) is 27.4 Å². The number of hydrogen-bond donors (Lipinski definition) is 2. The Morgan fingerprint density at radius 1 is 1.32 bits per heavy atom. The van der Waals surface area contributed by atoms with Crippen molar-refractivity contribution in [2.75, 3.05) is 6.61 Å². The number of rotatable bonds is 6. The molecule has 2 unspecified atom stereocenters. The third-order valence-electron chi connectivity index (χ3n) is 3.73. The number of nitrogens with zero attached hydrogens (tertiary/aromatic N) is 2. The van der Waals surface area contributed by atoms with Crippen LogP contribution in [0, 0.1) is 13.8 Å². The zero-order valence-corrected chi connectivity index (χ0v) is 13.3. The summed E-state index contributed by atoms with van der Waals surface area (Å²) in [6, 6.07) is 11.1. The van der Waals surface area contributed by atoms with Crippen LogP contribution in [0.25, 0.3) is 0 Å². The van der Waals surface area contributed by atoms with Crippen LogP contribution >= 0.6 is 0 Å². The van der Waals surface area contributed by atoms with Gasteiger partial charge in [0.1, 0.15) is 6.04 Å². The van der Waals surface area contributed by atoms with Crippen LogP contribution in [0.3, 0.4) is 0 Å². The molecule has 0 fully saturated rings. The van der Waals surface area contributed by atoms with Crippen LogP contribution < -0.4 is 5.32 Å². The summed E-state index contributed by atoms with van der Waals surface area (Å²) in [6.45, 7) is 5.70. The fraction of sp³-hybridized carbons (Fsp3) is 0.412. The molecule has 2 rings (SSSR count). The smallest absolute Gasteiger partial charge is 0.245 e. The predicted molar refractivity (Wildman–Crippen MR) is 85.4 cm³/mol. The highest BCUT2D eigenvalue weighted by atomic mass is 16.3. The molecule has 0 bridgehead atoms. The second-order valence-electron chi connectivity index (χ2n) is 5.53. The van der Waals surface area contributed by atoms with Crippen LogP contribution in [0.15, 0.2) is 36.4 Å². The lowest BCUT2D eigenvalue weighted by Crippen LogP contribution is -2.35. The molecule has 0 radical (unpaired) electrons. The van der Waals surface area contributed by atoms with E-state index in [9.17, 15) is 9.90 Å². The Labute approximate surface area is 131 Å². The number of carbonyl (C=O) groups is 1. The van der Waals surface area contributed by atoms with E-state index in [1.54, 1.807) is 4.68 Å². The van der Waals surface area contributed by atoms with Crippen molar-refractivity contribution in [3.63, 3.8) is 0 Å². The summed E-state index contributed by atoms with van der Waals surface area (Å²) in [4.78, 5) is 12.5. The van der Waals surface area contributed by atoms with Gasteiger partial charge in [0.05, 0.1) is 11.7 Å². The number of nitrogens with one attached hydrogen (secondary N) is 1. The number of carbonyl (C=O) groups excluding carboxylic acids is 1. The van der Waals surface area contributed by atoms with Crippen LogP contribution in [0.2, 0.25) is 0 Å². The summed E-state index contributed by atoms with van der Waals surface area (Å²) >= 11 is 0. The molecule has 0 aliphatic rings. The molecule has 2 N–H and O–H groups in total. The Bertz CT molecular complexity index is 622. The SMILES string of the molecule is Cc1cc(C)n(C(C)C(=O)NC(CCO)c2ccccc2)n1. The van der Waals surface area contributed by atoms with E-state index in [0.717, 1.165) is 17.0 Å². The molecule has 1 aromatic heterocycles. The van der Waals surface area contributed by atoms with Gasteiger partial charge in [0.25, 0.3) is 0 Å². The largest absolute Gasteiger partial charge is 0.396 e. The van der Waals surface area contributed by atoms with Crippen molar-refractivity contribution in [1.82, 2.24) is 15.1 Å². The van der Waals surface area contributed by atoms with Gasteiger partial charge in [-0.25, -0.2) is 0 Å². The van der Waals surface area contributed by atoms with E-state index in [1.807, 2.05) is 57.2 Å². The van der Waals surface area contributed by atoms with Gasteiger partial charge in [-0.15, -0.1) is 0 Å². The summed E-state index contributed by atoms with van der Waals surface area (Å²) in [5.41, 5.74) is 2.84. The fourth-order valence-electron chi connectivity index (χ4n) is 2.58. The maximum Gasteiger partial charge on any atom is 0.245 e. The molecule has 5 heteroatoms. The molecule has 0 aliphatic heterocycles. The van der Waals surface area contributed by atoms with Crippen LogP contribution in [0.1, 0.15) is 42.4 Å². The highest BCUT2D eigenvalue weighted by Gasteiger charge is 2.21. The minimum absolute atomic E-state index is 0.0220. The van der Waals surface area contributed by atoms with Gasteiger partial charge in [0.15, 0.2) is 0 Å². The number of hydrogen-bond acceptors (Lipinski definition) is 3. The highest BCUT2D eigenvalue weighted by molar-refractivity contribution is 5.80. The summed E-state index contributed by atoms with van der Waals surface area (Å²) < 4.78 is 1.73. The lowest BCUT2D eigenvalue weighted by Gasteiger charge is -2.21. The first-order valence-corrected chi connectivity index (χ1v) is 7.52. The molecule has 2 aromatic rings. The molecule has 0 saturated carbocycles. The van der Waals surface area contributed by atoms with Gasteiger partial charge in [0.2, 0.25) is 5.91 Å². The molecular formula is C17H23N3O2. The van der Waals surface area contributed by atoms with Gasteiger partial charge >= 0.3 is 0 Å². The predicted octanol–water partition coefficient (Wildman–Crippen LogP) is 2.30. The van der Waals surface area contributed by atoms with Gasteiger partial charge in [-0.05, 0) is 38.8 Å². The van der Waals surface area contributed by atoms with Gasteiger partial charge in [-0.2, -0.15) is 5.10 Å². The first-order chi connectivity index (χ1) is 10.5. The Hall–Kier alpha value is -2.14. The Balaban J connectivity index is 2.12. The molecule has 0 aliphatic carbocycles. The van der Waals surface area contributed by atoms with E-state index in [1.165, 1.54) is 0 Å². The monoisotopic (exact) mass is 301 g/mol. The number of benzene rings is 1. The quantitative estimate of drug-likeness (QED) is 0.860. The summed E-state index contributed by atoms with van der Waals surface area (Å²) in [5, 5.41) is 16.6. The zero-order chi connectivity index (χ0) is 16.1. The number of aliphatic hydroxyl groups excluding tert-OH is 1. The molecule has 0 spiro atoms. The second-order valence-corrected chi connectivity index (χ2v) is 5.53. The number of aliphatic hydroxyl groups is 1. The molecule has 0 saturated heterocycles. The lowest BCUT2D eigenvalue weighted by atomic mass is 10.0. The van der Waals surface area contributed by atoms with Crippen molar-refractivity contribution in [2.24, 2.45) is 0 Å². The Kier molecular flexibility index (Phi) is 5.33. The van der Waals surface area contributed by atoms with E-state index in [0.29, 0.717) is 6.42 Å². The maximum atomic E-state index is 12.5. The van der Waals surface area contributed by atoms with Crippen LogP contribution in [-0.2, 0) is 4.79 Å². The van der Waals surface area contributed by atoms with E-state index in [2.05, 4.69) is 10.4 Å². The summed E-state index contributed by atoms with van der Waals surface area (Å²) in [7, 11) is 0. The Morgan fingerprint density at radius 2 is 2.00 bits per heavy atom. The molecular weight excluding hydrogens is 278 g/mol. The normalized spacial score (nSPS) is 13.6. The standard InChI is InChI=1S/C17H23N3O2/c1-12-11-13(2)20(19-12)14(3)17(22)18-16(9-10-21)15-7-5-4-6-8-15/h4-8,11,14,16,21H,9-10H2,1-3H3,(H,18,22). The van der Waals surface area contributed by atoms with Crippen LogP contribution in [0.5, 0.6) is 0 Å².